The lowest BCUT2D eigenvalue weighted by Crippen LogP contribution is -2.27. The van der Waals surface area contributed by atoms with Gasteiger partial charge in [-0.3, -0.25) is 4.79 Å². The van der Waals surface area contributed by atoms with Gasteiger partial charge >= 0.3 is 0 Å². The van der Waals surface area contributed by atoms with Gasteiger partial charge in [0, 0.05) is 24.0 Å². The molecule has 162 valence electrons. The molecule has 0 bridgehead atoms. The first-order valence-corrected chi connectivity index (χ1v) is 10.4. The van der Waals surface area contributed by atoms with Crippen LogP contribution in [0.2, 0.25) is 0 Å². The van der Waals surface area contributed by atoms with Crippen molar-refractivity contribution in [2.24, 2.45) is 0 Å². The number of hydrogen-bond donors (Lipinski definition) is 1. The fraction of sp³-hybridized carbons (Fsp3) is 0.154. The molecule has 6 heteroatoms. The molecule has 0 aliphatic carbocycles. The predicted octanol–water partition coefficient (Wildman–Crippen LogP) is 6.10. The highest BCUT2D eigenvalue weighted by molar-refractivity contribution is 5.78. The van der Waals surface area contributed by atoms with Crippen molar-refractivity contribution in [3.8, 4) is 22.6 Å². The second-order valence-electron chi connectivity index (χ2n) is 7.48. The lowest BCUT2D eigenvalue weighted by Gasteiger charge is -2.14. The first-order valence-electron chi connectivity index (χ1n) is 10.4. The van der Waals surface area contributed by atoms with Gasteiger partial charge in [-0.1, -0.05) is 66.7 Å². The molecule has 4 rings (SSSR count). The van der Waals surface area contributed by atoms with Crippen LogP contribution in [0.5, 0.6) is 0 Å². The lowest BCUT2D eigenvalue weighted by atomic mass is 10.1. The summed E-state index contributed by atoms with van der Waals surface area (Å²) < 4.78 is 32.6. The minimum Gasteiger partial charge on any atom is -0.440 e. The third-order valence-corrected chi connectivity index (χ3v) is 5.14. The molecule has 0 saturated carbocycles. The average Bonchev–Trinajstić information content (AvgIpc) is 3.25. The maximum atomic E-state index is 13.5. The van der Waals surface area contributed by atoms with Crippen LogP contribution < -0.4 is 5.32 Å². The number of carbonyl (C=O) groups is 1. The summed E-state index contributed by atoms with van der Waals surface area (Å²) in [5.74, 6) is -0.978. The summed E-state index contributed by atoms with van der Waals surface area (Å²) in [7, 11) is 0. The molecule has 3 aromatic carbocycles. The fourth-order valence-electron chi connectivity index (χ4n) is 3.45. The number of rotatable bonds is 7. The number of oxazole rings is 1. The molecule has 4 aromatic rings. The molecular formula is C26H22F2N2O2. The Labute approximate surface area is 184 Å². The van der Waals surface area contributed by atoms with Crippen LogP contribution >= 0.6 is 0 Å². The molecule has 32 heavy (non-hydrogen) atoms. The molecule has 0 fully saturated rings. The Bertz CT molecular complexity index is 1150. The van der Waals surface area contributed by atoms with Crippen LogP contribution in [0.15, 0.2) is 83.3 Å². The highest BCUT2D eigenvalue weighted by Crippen LogP contribution is 2.32. The predicted molar refractivity (Wildman–Crippen MR) is 119 cm³/mol. The number of nitrogens with zero attached hydrogens (tertiary/aromatic N) is 1. The Morgan fingerprint density at radius 3 is 2.25 bits per heavy atom. The van der Waals surface area contributed by atoms with E-state index in [0.717, 1.165) is 29.0 Å². The van der Waals surface area contributed by atoms with Crippen LogP contribution in [0.1, 0.15) is 30.8 Å². The van der Waals surface area contributed by atoms with Crippen LogP contribution in [-0.4, -0.2) is 10.9 Å². The zero-order valence-corrected chi connectivity index (χ0v) is 17.5. The van der Waals surface area contributed by atoms with Gasteiger partial charge in [0.25, 0.3) is 0 Å². The highest BCUT2D eigenvalue weighted by Gasteiger charge is 2.18. The van der Waals surface area contributed by atoms with Gasteiger partial charge in [-0.05, 0) is 24.6 Å². The summed E-state index contributed by atoms with van der Waals surface area (Å²) in [4.78, 5) is 17.1. The third kappa shape index (κ3) is 4.91. The standard InChI is InChI=1S/C26H22F2N2O2/c1-17(20-12-13-21(27)22(28)16-20)29-23(31)14-15-24-30-25(18-8-4-2-5-9-18)26(32-24)19-10-6-3-7-11-19/h2-13,16-17H,14-15H2,1H3,(H,29,31)/t17-/m1/s1. The number of amides is 1. The molecule has 0 aliphatic heterocycles. The quantitative estimate of drug-likeness (QED) is 0.384. The van der Waals surface area contributed by atoms with Crippen LogP contribution in [0, 0.1) is 11.6 Å². The minimum atomic E-state index is -0.940. The highest BCUT2D eigenvalue weighted by atomic mass is 19.2. The van der Waals surface area contributed by atoms with Gasteiger partial charge < -0.3 is 9.73 Å². The Kier molecular flexibility index (Phi) is 6.40. The van der Waals surface area contributed by atoms with E-state index in [-0.39, 0.29) is 12.3 Å². The van der Waals surface area contributed by atoms with E-state index >= 15 is 0 Å². The van der Waals surface area contributed by atoms with Gasteiger partial charge in [0.2, 0.25) is 5.91 Å². The zero-order chi connectivity index (χ0) is 22.5. The van der Waals surface area contributed by atoms with Crippen LogP contribution in [0.25, 0.3) is 22.6 Å². The number of hydrogen-bond acceptors (Lipinski definition) is 3. The van der Waals surface area contributed by atoms with Crippen molar-refractivity contribution in [1.82, 2.24) is 10.3 Å². The molecule has 1 N–H and O–H groups in total. The molecular weight excluding hydrogens is 410 g/mol. The van der Waals surface area contributed by atoms with E-state index in [4.69, 9.17) is 4.42 Å². The number of aryl methyl sites for hydroxylation is 1. The van der Waals surface area contributed by atoms with Crippen molar-refractivity contribution in [1.29, 1.82) is 0 Å². The zero-order valence-electron chi connectivity index (χ0n) is 17.5. The molecule has 1 heterocycles. The first kappa shape index (κ1) is 21.4. The molecule has 0 unspecified atom stereocenters. The number of nitrogens with one attached hydrogen (secondary N) is 1. The number of aromatic nitrogens is 1. The summed E-state index contributed by atoms with van der Waals surface area (Å²) in [5.41, 5.74) is 3.05. The molecule has 0 spiro atoms. The molecule has 0 saturated heterocycles. The normalized spacial score (nSPS) is 11.8. The van der Waals surface area contributed by atoms with E-state index in [2.05, 4.69) is 10.3 Å². The average molecular weight is 432 g/mol. The third-order valence-electron chi connectivity index (χ3n) is 5.14. The van der Waals surface area contributed by atoms with E-state index in [9.17, 15) is 13.6 Å². The van der Waals surface area contributed by atoms with Gasteiger partial charge in [0.15, 0.2) is 23.3 Å². The molecule has 1 atom stereocenters. The molecule has 4 nitrogen and oxygen atoms in total. The van der Waals surface area contributed by atoms with E-state index in [1.165, 1.54) is 6.07 Å². The summed E-state index contributed by atoms with van der Waals surface area (Å²) >= 11 is 0. The number of halogens is 2. The van der Waals surface area contributed by atoms with Crippen molar-refractivity contribution >= 4 is 5.91 Å². The van der Waals surface area contributed by atoms with Crippen LogP contribution in [0.4, 0.5) is 8.78 Å². The van der Waals surface area contributed by atoms with E-state index in [1.54, 1.807) is 6.92 Å². The van der Waals surface area contributed by atoms with Gasteiger partial charge in [-0.2, -0.15) is 0 Å². The van der Waals surface area contributed by atoms with Gasteiger partial charge in [-0.25, -0.2) is 13.8 Å². The Morgan fingerprint density at radius 1 is 0.938 bits per heavy atom. The monoisotopic (exact) mass is 432 g/mol. The van der Waals surface area contributed by atoms with Gasteiger partial charge in [0.1, 0.15) is 5.69 Å². The van der Waals surface area contributed by atoms with E-state index in [1.807, 2.05) is 60.7 Å². The lowest BCUT2D eigenvalue weighted by molar-refractivity contribution is -0.121. The summed E-state index contributed by atoms with van der Waals surface area (Å²) in [6.45, 7) is 1.72. The largest absolute Gasteiger partial charge is 0.440 e. The second kappa shape index (κ2) is 9.56. The Morgan fingerprint density at radius 2 is 1.59 bits per heavy atom. The topological polar surface area (TPSA) is 55.1 Å². The Balaban J connectivity index is 1.48. The molecule has 0 aliphatic rings. The Hall–Kier alpha value is -3.80. The maximum absolute atomic E-state index is 13.5. The molecule has 1 amide bonds. The maximum Gasteiger partial charge on any atom is 0.220 e. The van der Waals surface area contributed by atoms with E-state index < -0.39 is 17.7 Å². The molecule has 0 radical (unpaired) electrons. The van der Waals surface area contributed by atoms with Crippen LogP contribution in [-0.2, 0) is 11.2 Å². The van der Waals surface area contributed by atoms with Gasteiger partial charge in [-0.15, -0.1) is 0 Å². The van der Waals surface area contributed by atoms with Crippen molar-refractivity contribution in [2.75, 3.05) is 0 Å². The second-order valence-corrected chi connectivity index (χ2v) is 7.48. The SMILES string of the molecule is C[C@@H](NC(=O)CCc1nc(-c2ccccc2)c(-c2ccccc2)o1)c1ccc(F)c(F)c1. The van der Waals surface area contributed by atoms with Crippen molar-refractivity contribution in [3.05, 3.63) is 102 Å². The van der Waals surface area contributed by atoms with Crippen molar-refractivity contribution in [2.45, 2.75) is 25.8 Å². The van der Waals surface area contributed by atoms with Crippen molar-refractivity contribution < 1.29 is 18.0 Å². The van der Waals surface area contributed by atoms with Gasteiger partial charge in [0.05, 0.1) is 6.04 Å². The molecule has 1 aromatic heterocycles. The van der Waals surface area contributed by atoms with Crippen molar-refractivity contribution in [3.63, 3.8) is 0 Å². The smallest absolute Gasteiger partial charge is 0.220 e. The summed E-state index contributed by atoms with van der Waals surface area (Å²) in [6, 6.07) is 22.6. The number of carbonyl (C=O) groups excluding carboxylic acids is 1. The summed E-state index contributed by atoms with van der Waals surface area (Å²) in [5, 5.41) is 2.80. The summed E-state index contributed by atoms with van der Waals surface area (Å²) in [6.07, 6.45) is 0.458. The minimum absolute atomic E-state index is 0.150. The first-order chi connectivity index (χ1) is 15.5. The number of benzene rings is 3. The fourth-order valence-corrected chi connectivity index (χ4v) is 3.45. The van der Waals surface area contributed by atoms with E-state index in [0.29, 0.717) is 23.6 Å². The van der Waals surface area contributed by atoms with Crippen LogP contribution in [0.3, 0.4) is 0 Å².